The number of fused-ring (bicyclic) bond motifs is 1. The van der Waals surface area contributed by atoms with Crippen molar-refractivity contribution in [3.05, 3.63) is 81.7 Å². The number of pyridine rings is 1. The number of aromatic nitrogens is 2. The van der Waals surface area contributed by atoms with Crippen molar-refractivity contribution in [1.29, 1.82) is 0 Å². The Morgan fingerprint density at radius 2 is 2.00 bits per heavy atom. The molecule has 0 unspecified atom stereocenters. The lowest BCUT2D eigenvalue weighted by Crippen LogP contribution is -2.35. The van der Waals surface area contributed by atoms with Crippen molar-refractivity contribution >= 4 is 11.6 Å². The van der Waals surface area contributed by atoms with E-state index in [1.165, 1.54) is 22.6 Å². The molecule has 2 aromatic heterocycles. The fraction of sp³-hybridized carbons (Fsp3) is 0.318. The van der Waals surface area contributed by atoms with Gasteiger partial charge in [0.15, 0.2) is 0 Å². The van der Waals surface area contributed by atoms with Gasteiger partial charge in [-0.05, 0) is 49.1 Å². The van der Waals surface area contributed by atoms with Crippen LogP contribution in [-0.4, -0.2) is 15.4 Å². The standard InChI is InChI=1S/C22H21FN2O3/c1-15-6-5-11-25-19(26)13-18(24-20(15)25)14-28-21(27)22(9-2-3-10-22)16-7-4-8-17(23)12-16/h4-8,11-13H,2-3,9-10,14H2,1H3. The SMILES string of the molecule is Cc1cccn2c(=O)cc(COC(=O)C3(c4cccc(F)c4)CCCC3)nc12. The molecule has 1 saturated carbocycles. The first kappa shape index (κ1) is 18.3. The summed E-state index contributed by atoms with van der Waals surface area (Å²) in [5, 5.41) is 0. The molecule has 1 aromatic carbocycles. The molecule has 144 valence electrons. The monoisotopic (exact) mass is 380 g/mol. The minimum atomic E-state index is -0.829. The number of carbonyl (C=O) groups excluding carboxylic acids is 1. The maximum atomic E-state index is 13.7. The van der Waals surface area contributed by atoms with E-state index in [-0.39, 0.29) is 24.0 Å². The zero-order valence-electron chi connectivity index (χ0n) is 15.7. The molecule has 5 nitrogen and oxygen atoms in total. The molecule has 0 bridgehead atoms. The molecule has 2 heterocycles. The maximum absolute atomic E-state index is 13.7. The largest absolute Gasteiger partial charge is 0.458 e. The van der Waals surface area contributed by atoms with Crippen LogP contribution in [0.5, 0.6) is 0 Å². The molecule has 6 heteroatoms. The smallest absolute Gasteiger partial charge is 0.316 e. The van der Waals surface area contributed by atoms with Crippen molar-refractivity contribution in [2.45, 2.75) is 44.6 Å². The second-order valence-electron chi connectivity index (χ2n) is 7.35. The molecule has 0 aliphatic heterocycles. The summed E-state index contributed by atoms with van der Waals surface area (Å²) in [6.45, 7) is 1.78. The average Bonchev–Trinajstić information content (AvgIpc) is 3.18. The summed E-state index contributed by atoms with van der Waals surface area (Å²) in [6, 6.07) is 11.2. The van der Waals surface area contributed by atoms with Gasteiger partial charge in [0.25, 0.3) is 5.56 Å². The zero-order valence-corrected chi connectivity index (χ0v) is 15.7. The molecule has 0 spiro atoms. The van der Waals surface area contributed by atoms with Crippen LogP contribution in [0.1, 0.15) is 42.5 Å². The normalized spacial score (nSPS) is 15.6. The summed E-state index contributed by atoms with van der Waals surface area (Å²) >= 11 is 0. The Morgan fingerprint density at radius 3 is 2.75 bits per heavy atom. The van der Waals surface area contributed by atoms with Gasteiger partial charge in [0, 0.05) is 12.3 Å². The first-order valence-corrected chi connectivity index (χ1v) is 9.41. The fourth-order valence-electron chi connectivity index (χ4n) is 4.04. The van der Waals surface area contributed by atoms with Crippen LogP contribution in [-0.2, 0) is 21.6 Å². The van der Waals surface area contributed by atoms with E-state index in [0.29, 0.717) is 29.7 Å². The molecule has 0 radical (unpaired) electrons. The lowest BCUT2D eigenvalue weighted by atomic mass is 9.79. The van der Waals surface area contributed by atoms with E-state index in [1.54, 1.807) is 24.4 Å². The van der Waals surface area contributed by atoms with Crippen molar-refractivity contribution in [1.82, 2.24) is 9.38 Å². The molecule has 4 rings (SSSR count). The number of carbonyl (C=O) groups is 1. The number of halogens is 1. The van der Waals surface area contributed by atoms with E-state index < -0.39 is 5.41 Å². The molecule has 0 atom stereocenters. The quantitative estimate of drug-likeness (QED) is 0.648. The Kier molecular flexibility index (Phi) is 4.71. The highest BCUT2D eigenvalue weighted by molar-refractivity contribution is 5.83. The van der Waals surface area contributed by atoms with Crippen molar-refractivity contribution in [3.8, 4) is 0 Å². The summed E-state index contributed by atoms with van der Waals surface area (Å²) < 4.78 is 20.8. The Morgan fingerprint density at radius 1 is 1.21 bits per heavy atom. The molecule has 0 amide bonds. The summed E-state index contributed by atoms with van der Waals surface area (Å²) in [5.74, 6) is -0.751. The molecule has 1 aliphatic rings. The van der Waals surface area contributed by atoms with Crippen LogP contribution in [0.25, 0.3) is 5.65 Å². The van der Waals surface area contributed by atoms with E-state index in [4.69, 9.17) is 4.74 Å². The fourth-order valence-corrected chi connectivity index (χ4v) is 4.04. The number of nitrogens with zero attached hydrogens (tertiary/aromatic N) is 2. The van der Waals surface area contributed by atoms with Crippen LogP contribution >= 0.6 is 0 Å². The highest BCUT2D eigenvalue weighted by Gasteiger charge is 2.44. The van der Waals surface area contributed by atoms with Crippen LogP contribution in [0.15, 0.2) is 53.5 Å². The number of aryl methyl sites for hydroxylation is 1. The van der Waals surface area contributed by atoms with Gasteiger partial charge in [-0.1, -0.05) is 31.0 Å². The maximum Gasteiger partial charge on any atom is 0.316 e. The molecule has 28 heavy (non-hydrogen) atoms. The lowest BCUT2D eigenvalue weighted by molar-refractivity contribution is -0.152. The van der Waals surface area contributed by atoms with E-state index >= 15 is 0 Å². The Hall–Kier alpha value is -3.02. The van der Waals surface area contributed by atoms with E-state index in [9.17, 15) is 14.0 Å². The summed E-state index contributed by atoms with van der Waals surface area (Å²) in [5.41, 5.74) is 1.41. The van der Waals surface area contributed by atoms with Gasteiger partial charge in [-0.15, -0.1) is 0 Å². The second kappa shape index (κ2) is 7.19. The molecule has 3 aromatic rings. The topological polar surface area (TPSA) is 60.7 Å². The first-order valence-electron chi connectivity index (χ1n) is 9.41. The van der Waals surface area contributed by atoms with Crippen LogP contribution < -0.4 is 5.56 Å². The van der Waals surface area contributed by atoms with Gasteiger partial charge >= 0.3 is 5.97 Å². The van der Waals surface area contributed by atoms with Crippen LogP contribution in [0.4, 0.5) is 4.39 Å². The van der Waals surface area contributed by atoms with Gasteiger partial charge in [-0.2, -0.15) is 0 Å². The minimum Gasteiger partial charge on any atom is -0.458 e. The second-order valence-corrected chi connectivity index (χ2v) is 7.35. The van der Waals surface area contributed by atoms with Gasteiger partial charge in [-0.3, -0.25) is 14.0 Å². The molecule has 1 fully saturated rings. The summed E-state index contributed by atoms with van der Waals surface area (Å²) in [4.78, 5) is 29.8. The third kappa shape index (κ3) is 3.19. The predicted molar refractivity (Wildman–Crippen MR) is 103 cm³/mol. The number of hydrogen-bond acceptors (Lipinski definition) is 4. The third-order valence-electron chi connectivity index (χ3n) is 5.52. The number of ether oxygens (including phenoxy) is 1. The lowest BCUT2D eigenvalue weighted by Gasteiger charge is -2.27. The van der Waals surface area contributed by atoms with Crippen LogP contribution in [0, 0.1) is 12.7 Å². The Labute approximate surface area is 161 Å². The summed E-state index contributed by atoms with van der Waals surface area (Å²) in [7, 11) is 0. The highest BCUT2D eigenvalue weighted by Crippen LogP contribution is 2.42. The van der Waals surface area contributed by atoms with Crippen molar-refractivity contribution < 1.29 is 13.9 Å². The number of esters is 1. The van der Waals surface area contributed by atoms with Crippen LogP contribution in [0.2, 0.25) is 0 Å². The minimum absolute atomic E-state index is 0.0873. The average molecular weight is 380 g/mol. The molecular formula is C22H21FN2O3. The number of benzene rings is 1. The molecule has 0 saturated heterocycles. The third-order valence-corrected chi connectivity index (χ3v) is 5.52. The van der Waals surface area contributed by atoms with E-state index in [0.717, 1.165) is 18.4 Å². The van der Waals surface area contributed by atoms with Crippen molar-refractivity contribution in [2.75, 3.05) is 0 Å². The van der Waals surface area contributed by atoms with Gasteiger partial charge in [0.2, 0.25) is 0 Å². The first-order chi connectivity index (χ1) is 13.5. The number of hydrogen-bond donors (Lipinski definition) is 0. The molecule has 1 aliphatic carbocycles. The van der Waals surface area contributed by atoms with Crippen LogP contribution in [0.3, 0.4) is 0 Å². The Balaban J connectivity index is 1.60. The predicted octanol–water partition coefficient (Wildman–Crippen LogP) is 3.70. The van der Waals surface area contributed by atoms with Gasteiger partial charge in [0.1, 0.15) is 18.1 Å². The van der Waals surface area contributed by atoms with Gasteiger partial charge < -0.3 is 4.74 Å². The zero-order chi connectivity index (χ0) is 19.7. The van der Waals surface area contributed by atoms with Crippen molar-refractivity contribution in [3.63, 3.8) is 0 Å². The molecular weight excluding hydrogens is 359 g/mol. The van der Waals surface area contributed by atoms with Gasteiger partial charge in [0.05, 0.1) is 11.1 Å². The van der Waals surface area contributed by atoms with Gasteiger partial charge in [-0.25, -0.2) is 9.37 Å². The number of rotatable bonds is 4. The van der Waals surface area contributed by atoms with E-state index in [1.807, 2.05) is 13.0 Å². The Bertz CT molecular complexity index is 1100. The highest BCUT2D eigenvalue weighted by atomic mass is 19.1. The van der Waals surface area contributed by atoms with Crippen molar-refractivity contribution in [2.24, 2.45) is 0 Å². The molecule has 0 N–H and O–H groups in total. The summed E-state index contributed by atoms with van der Waals surface area (Å²) in [6.07, 6.45) is 4.69. The van der Waals surface area contributed by atoms with E-state index in [2.05, 4.69) is 4.98 Å².